The van der Waals surface area contributed by atoms with Crippen molar-refractivity contribution in [1.82, 2.24) is 5.32 Å². The maximum Gasteiger partial charge on any atom is 0.339 e. The third-order valence-corrected chi connectivity index (χ3v) is 32.9. The van der Waals surface area contributed by atoms with Gasteiger partial charge in [0, 0.05) is 58.2 Å². The molecule has 0 saturated carbocycles. The lowest BCUT2D eigenvalue weighted by molar-refractivity contribution is -0.187. The highest BCUT2D eigenvalue weighted by atomic mass is 35.5. The van der Waals surface area contributed by atoms with Crippen LogP contribution in [0.2, 0.25) is 36.3 Å². The molecule has 2 fully saturated rings. The first kappa shape index (κ1) is 120. The molecule has 1 amide bonds. The van der Waals surface area contributed by atoms with E-state index in [4.69, 9.17) is 57.2 Å². The minimum absolute atomic E-state index is 0. The van der Waals surface area contributed by atoms with Crippen LogP contribution in [0.5, 0.6) is 11.5 Å². The van der Waals surface area contributed by atoms with E-state index in [1.54, 1.807) is 52.8 Å². The van der Waals surface area contributed by atoms with Gasteiger partial charge in [-0.1, -0.05) is 193 Å². The average Bonchev–Trinajstić information content (AvgIpc) is 1.41. The summed E-state index contributed by atoms with van der Waals surface area (Å²) < 4.78 is 68.9. The molecule has 2 aliphatic heterocycles. The average molecular weight is 1870 g/mol. The normalized spacial score (nSPS) is 15.5. The standard InChI is InChI=1S/C51H83NO10Si.C34H64O8Si.C17H21NO4.ClH/c1-12-14-16-20-23-33-51(59-37-38-60-51)34-24-21-18-17-19-22-25-42(43(48(56)62-49(3,4)5)32-36-61-63(10,11)50(6,7)8)47(55)52-44(45(53)30-31-46(54)57-9)39-40-26-28-41(29-27-40)58-35-15-13-2;1-10-11-12-16-19-22-33(39-26-27-40-33)23-20-17-14-13-15-18-21-28(29(35)36)34(38,30(37)42-31(2,3)4)24-25-41-43(8,9)32(5,6)7;1-3-4-11-22-14-7-5-13(6-8-14)12-15(18)16(19)9-10-17(20)21-2;/h22,25-29,42-44H,12,14,16-21,23-24,30-39H2,1-11H3,(H,52,55);18,21,28,38H,10-17,19-20,22-27H2,1-9H3,(H,35,36);5-8,15H,9-12,18H2,1-2H3;1H/b25-22+;21-18+;;/t42-,43+,44?;28-,34+;;/m01../s1. The number of carbonyl (C=O) groups excluding carboxylic acids is 7. The van der Waals surface area contributed by atoms with Crippen molar-refractivity contribution in [3.8, 4) is 35.2 Å². The van der Waals surface area contributed by atoms with E-state index >= 15 is 0 Å². The number of rotatable bonds is 59. The summed E-state index contributed by atoms with van der Waals surface area (Å²) in [7, 11) is -1.79. The number of benzene rings is 2. The number of esters is 4. The van der Waals surface area contributed by atoms with Crippen LogP contribution >= 0.6 is 12.4 Å². The summed E-state index contributed by atoms with van der Waals surface area (Å²) >= 11 is 0. The number of ether oxygens (including phenoxy) is 10. The number of methoxy groups -OCH3 is 2. The van der Waals surface area contributed by atoms with Gasteiger partial charge in [0.1, 0.15) is 47.6 Å². The first-order valence-electron chi connectivity index (χ1n) is 47.3. The molecule has 5 N–H and O–H groups in total. The molecule has 2 unspecified atom stereocenters. The van der Waals surface area contributed by atoms with Gasteiger partial charge in [-0.05, 0) is 198 Å². The second kappa shape index (κ2) is 62.6. The highest BCUT2D eigenvalue weighted by Crippen LogP contribution is 2.40. The van der Waals surface area contributed by atoms with Crippen molar-refractivity contribution in [2.75, 3.05) is 67.1 Å². The fourth-order valence-electron chi connectivity index (χ4n) is 14.0. The number of hydrogen-bond acceptors (Lipinski definition) is 22. The molecule has 2 aromatic rings. The first-order valence-corrected chi connectivity index (χ1v) is 53.1. The van der Waals surface area contributed by atoms with Crippen LogP contribution in [0, 0.1) is 41.4 Å². The molecule has 4 rings (SSSR count). The number of aliphatic carboxylic acids is 1. The van der Waals surface area contributed by atoms with E-state index in [1.807, 2.05) is 69.3 Å². The molecule has 0 aliphatic carbocycles. The molecule has 2 heterocycles. The van der Waals surface area contributed by atoms with Gasteiger partial charge in [0.15, 0.2) is 39.6 Å². The Morgan fingerprint density at radius 2 is 0.915 bits per heavy atom. The van der Waals surface area contributed by atoms with Crippen LogP contribution in [0.15, 0.2) is 72.8 Å². The van der Waals surface area contributed by atoms with Crippen molar-refractivity contribution in [1.29, 1.82) is 0 Å². The summed E-state index contributed by atoms with van der Waals surface area (Å²) in [5.41, 5.74) is 3.66. The largest absolute Gasteiger partial charge is 0.481 e. The Kier molecular flexibility index (Phi) is 58.4. The van der Waals surface area contributed by atoms with Crippen LogP contribution in [-0.4, -0.2) is 182 Å². The molecule has 0 radical (unpaired) electrons. The molecule has 2 aliphatic rings. The van der Waals surface area contributed by atoms with Gasteiger partial charge in [-0.2, -0.15) is 0 Å². The van der Waals surface area contributed by atoms with Crippen molar-refractivity contribution in [2.24, 2.45) is 23.5 Å². The van der Waals surface area contributed by atoms with Crippen LogP contribution < -0.4 is 20.5 Å². The predicted molar refractivity (Wildman–Crippen MR) is 518 cm³/mol. The van der Waals surface area contributed by atoms with Gasteiger partial charge in [-0.3, -0.25) is 33.6 Å². The van der Waals surface area contributed by atoms with E-state index in [9.17, 15) is 48.6 Å². The number of allylic oxidation sites excluding steroid dienone is 2. The summed E-state index contributed by atoms with van der Waals surface area (Å²) in [5, 5.41) is 24.6. The van der Waals surface area contributed by atoms with Crippen molar-refractivity contribution in [2.45, 2.75) is 393 Å². The van der Waals surface area contributed by atoms with E-state index in [-0.39, 0.29) is 98.8 Å². The maximum atomic E-state index is 14.7. The monoisotopic (exact) mass is 1870 g/mol. The summed E-state index contributed by atoms with van der Waals surface area (Å²) in [6.07, 6.45) is 32.7. The quantitative estimate of drug-likeness (QED) is 0.0119. The number of carboxylic acids is 1. The van der Waals surface area contributed by atoms with Crippen LogP contribution in [0.25, 0.3) is 0 Å². The van der Waals surface area contributed by atoms with Crippen LogP contribution in [0.3, 0.4) is 0 Å². The fraction of sp³-hybridized carbons (Fsp3) is 0.725. The number of amides is 1. The summed E-state index contributed by atoms with van der Waals surface area (Å²) in [4.78, 5) is 103. The summed E-state index contributed by atoms with van der Waals surface area (Å²) in [6, 6.07) is 13.0. The predicted octanol–water partition coefficient (Wildman–Crippen LogP) is 20.7. The lowest BCUT2D eigenvalue weighted by Gasteiger charge is -2.38. The van der Waals surface area contributed by atoms with E-state index in [2.05, 4.69) is 115 Å². The molecule has 24 nitrogen and oxygen atoms in total. The van der Waals surface area contributed by atoms with Crippen molar-refractivity contribution < 1.29 is 105 Å². The Bertz CT molecular complexity index is 3750. The summed E-state index contributed by atoms with van der Waals surface area (Å²) in [6.45, 7) is 43.3. The van der Waals surface area contributed by atoms with Gasteiger partial charge >= 0.3 is 29.8 Å². The van der Waals surface area contributed by atoms with Gasteiger partial charge in [-0.25, -0.2) is 4.79 Å². The Morgan fingerprint density at radius 1 is 0.527 bits per heavy atom. The van der Waals surface area contributed by atoms with Gasteiger partial charge < -0.3 is 77.5 Å². The second-order valence-corrected chi connectivity index (χ2v) is 48.5. The summed E-state index contributed by atoms with van der Waals surface area (Å²) in [5.74, 6) is 3.85. The Labute approximate surface area is 784 Å². The van der Waals surface area contributed by atoms with E-state index in [0.29, 0.717) is 58.0 Å². The van der Waals surface area contributed by atoms with E-state index < -0.39 is 111 Å². The van der Waals surface area contributed by atoms with Crippen molar-refractivity contribution in [3.63, 3.8) is 0 Å². The molecule has 27 heteroatoms. The number of hydrogen-bond donors (Lipinski definition) is 4. The number of carbonyl (C=O) groups is 8. The van der Waals surface area contributed by atoms with Crippen LogP contribution in [0.4, 0.5) is 0 Å². The molecule has 129 heavy (non-hydrogen) atoms. The Morgan fingerprint density at radius 3 is 1.30 bits per heavy atom. The van der Waals surface area contributed by atoms with E-state index in [1.165, 1.54) is 71.7 Å². The molecule has 2 saturated heterocycles. The molecule has 0 aromatic heterocycles. The lowest BCUT2D eigenvalue weighted by Crippen LogP contribution is -2.52. The third kappa shape index (κ3) is 49.7. The SMILES string of the molecule is CC#CCOc1ccc(CC(N)C(=O)CCC(=O)OC)cc1.CC#CCOc1ccc(CC(NC(=O)[C@@H](/C=C/CCCCCCC2(CCCCCCC)OCCO2)[C@@H](CCO[Si](C)(C)C(C)(C)C)C(=O)OC(C)(C)C)C(=O)CCC(=O)OC)cc1.CCCCCCCC1(CCCCCC/C=C/[C@H](C(=O)O)[C@@](O)(CCO[Si](C)(C)C(C)(C)C)C(=O)OC(C)(C)C)OCCO1.Cl. The number of nitrogens with two attached hydrogens (primary N) is 1. The zero-order valence-corrected chi connectivity index (χ0v) is 86.0. The minimum atomic E-state index is -2.25. The molecule has 2 aromatic carbocycles. The van der Waals surface area contributed by atoms with Crippen molar-refractivity contribution >= 4 is 76.4 Å². The molecule has 734 valence electrons. The highest BCUT2D eigenvalue weighted by Gasteiger charge is 2.50. The number of nitrogens with one attached hydrogen (secondary N) is 1. The fourth-order valence-corrected chi connectivity index (χ4v) is 16.1. The Hall–Kier alpha value is -6.80. The number of Topliss-reactive ketones (excluding diaryl/α,β-unsaturated/α-hetero) is 2. The topological polar surface area (TPSA) is 326 Å². The maximum absolute atomic E-state index is 14.7. The number of halogens is 1. The van der Waals surface area contributed by atoms with E-state index in [0.717, 1.165) is 107 Å². The zero-order chi connectivity index (χ0) is 96.1. The first-order chi connectivity index (χ1) is 60.2. The van der Waals surface area contributed by atoms with Gasteiger partial charge in [-0.15, -0.1) is 24.2 Å². The number of carboxylic acid groups (broad SMARTS) is 1. The molecule has 6 atom stereocenters. The molecular weight excluding hydrogens is 1700 g/mol. The third-order valence-electron chi connectivity index (χ3n) is 23.9. The van der Waals surface area contributed by atoms with Gasteiger partial charge in [0.2, 0.25) is 5.91 Å². The van der Waals surface area contributed by atoms with Crippen LogP contribution in [-0.2, 0) is 97.9 Å². The number of unbranched alkanes of at least 4 members (excludes halogenated alkanes) is 16. The number of aliphatic hydroxyl groups is 1. The second-order valence-electron chi connectivity index (χ2n) is 38.8. The minimum Gasteiger partial charge on any atom is -0.481 e. The smallest absolute Gasteiger partial charge is 0.339 e. The van der Waals surface area contributed by atoms with Gasteiger partial charge in [0.25, 0.3) is 0 Å². The van der Waals surface area contributed by atoms with Gasteiger partial charge in [0.05, 0.1) is 77.4 Å². The van der Waals surface area contributed by atoms with Crippen LogP contribution in [0.1, 0.15) is 315 Å². The highest BCUT2D eigenvalue weighted by molar-refractivity contribution is 6.74. The zero-order valence-electron chi connectivity index (χ0n) is 83.1. The Balaban J connectivity index is 0.00000108. The molecule has 0 bridgehead atoms. The molecular formula is C102H169ClN2O22Si2. The lowest BCUT2D eigenvalue weighted by atomic mass is 9.83. The molecule has 0 spiro atoms. The van der Waals surface area contributed by atoms with Crippen molar-refractivity contribution in [3.05, 3.63) is 84.0 Å². The number of ketones is 2.